The molecule has 0 spiro atoms. The fourth-order valence-corrected chi connectivity index (χ4v) is 1.70. The molecule has 0 aliphatic rings. The Balaban J connectivity index is 1.95. The first-order valence-electron chi connectivity index (χ1n) is 6.47. The van der Waals surface area contributed by atoms with Gasteiger partial charge in [0.1, 0.15) is 0 Å². The molecule has 1 aromatic heterocycles. The zero-order valence-corrected chi connectivity index (χ0v) is 12.0. The first-order chi connectivity index (χ1) is 9.95. The summed E-state index contributed by atoms with van der Waals surface area (Å²) < 4.78 is 9.81. The molecule has 0 fully saturated rings. The molecule has 1 N–H and O–H groups in total. The number of hydrogen-bond donors (Lipinski definition) is 1. The molecule has 21 heavy (non-hydrogen) atoms. The maximum Gasteiger partial charge on any atom is 0.377 e. The van der Waals surface area contributed by atoms with E-state index in [1.165, 1.54) is 13.0 Å². The minimum absolute atomic E-state index is 0.0253. The number of hydrogen-bond acceptors (Lipinski definition) is 5. The topological polar surface area (TPSA) is 81.4 Å². The number of rotatable bonds is 4. The molecule has 0 aliphatic carbocycles. The van der Waals surface area contributed by atoms with Crippen molar-refractivity contribution in [3.63, 3.8) is 0 Å². The van der Waals surface area contributed by atoms with Gasteiger partial charge in [0, 0.05) is 11.8 Å². The van der Waals surface area contributed by atoms with E-state index >= 15 is 0 Å². The lowest BCUT2D eigenvalue weighted by Gasteiger charge is -2.12. The van der Waals surface area contributed by atoms with E-state index in [1.54, 1.807) is 13.0 Å². The number of esters is 1. The van der Waals surface area contributed by atoms with E-state index in [9.17, 15) is 9.59 Å². The number of nitrogens with zero attached hydrogens (tertiary/aromatic N) is 1. The van der Waals surface area contributed by atoms with Crippen LogP contribution in [0, 0.1) is 13.8 Å². The molecule has 1 heterocycles. The lowest BCUT2D eigenvalue weighted by Crippen LogP contribution is -2.29. The molecule has 0 radical (unpaired) electrons. The second kappa shape index (κ2) is 6.21. The van der Waals surface area contributed by atoms with E-state index in [4.69, 9.17) is 9.26 Å². The SMILES string of the molecule is Cc1cccc(NC(=O)[C@@H](C)OC(=O)c2cc(C)no2)c1. The van der Waals surface area contributed by atoms with Crippen molar-refractivity contribution in [1.29, 1.82) is 0 Å². The van der Waals surface area contributed by atoms with Crippen molar-refractivity contribution in [2.45, 2.75) is 26.9 Å². The fraction of sp³-hybridized carbons (Fsp3) is 0.267. The molecule has 2 aromatic rings. The average molecular weight is 288 g/mol. The van der Waals surface area contributed by atoms with Crippen LogP contribution in [0.4, 0.5) is 5.69 Å². The van der Waals surface area contributed by atoms with Crippen molar-refractivity contribution < 1.29 is 18.8 Å². The van der Waals surface area contributed by atoms with Gasteiger partial charge in [-0.3, -0.25) is 4.79 Å². The van der Waals surface area contributed by atoms with Crippen LogP contribution in [-0.4, -0.2) is 23.1 Å². The van der Waals surface area contributed by atoms with Crippen molar-refractivity contribution in [3.8, 4) is 0 Å². The fourth-order valence-electron chi connectivity index (χ4n) is 1.70. The summed E-state index contributed by atoms with van der Waals surface area (Å²) in [6.45, 7) is 5.10. The van der Waals surface area contributed by atoms with Crippen LogP contribution in [0.25, 0.3) is 0 Å². The lowest BCUT2D eigenvalue weighted by molar-refractivity contribution is -0.123. The van der Waals surface area contributed by atoms with Crippen LogP contribution in [0.1, 0.15) is 28.7 Å². The number of benzene rings is 1. The Bertz CT molecular complexity index is 663. The summed E-state index contributed by atoms with van der Waals surface area (Å²) in [5.74, 6) is -1.16. The van der Waals surface area contributed by atoms with Crippen LogP contribution in [0.2, 0.25) is 0 Å². The lowest BCUT2D eigenvalue weighted by atomic mass is 10.2. The predicted molar refractivity (Wildman–Crippen MR) is 75.9 cm³/mol. The Morgan fingerprint density at radius 2 is 2.05 bits per heavy atom. The van der Waals surface area contributed by atoms with E-state index in [0.717, 1.165) is 5.56 Å². The molecule has 0 saturated heterocycles. The Morgan fingerprint density at radius 1 is 1.29 bits per heavy atom. The van der Waals surface area contributed by atoms with Gasteiger partial charge in [-0.2, -0.15) is 0 Å². The van der Waals surface area contributed by atoms with Crippen molar-refractivity contribution in [2.24, 2.45) is 0 Å². The molecule has 0 aliphatic heterocycles. The molecular formula is C15H16N2O4. The Morgan fingerprint density at radius 3 is 2.67 bits per heavy atom. The summed E-state index contributed by atoms with van der Waals surface area (Å²) in [5.41, 5.74) is 2.24. The highest BCUT2D eigenvalue weighted by molar-refractivity contribution is 5.96. The number of ether oxygens (including phenoxy) is 1. The second-order valence-electron chi connectivity index (χ2n) is 4.74. The molecule has 1 aromatic carbocycles. The van der Waals surface area contributed by atoms with Gasteiger partial charge in [-0.25, -0.2) is 4.79 Å². The summed E-state index contributed by atoms with van der Waals surface area (Å²) in [6, 6.07) is 8.79. The quantitative estimate of drug-likeness (QED) is 0.874. The highest BCUT2D eigenvalue weighted by atomic mass is 16.6. The highest BCUT2D eigenvalue weighted by Crippen LogP contribution is 2.11. The monoisotopic (exact) mass is 288 g/mol. The second-order valence-corrected chi connectivity index (χ2v) is 4.74. The molecule has 1 amide bonds. The maximum atomic E-state index is 12.0. The molecule has 0 saturated carbocycles. The normalized spacial score (nSPS) is 11.8. The number of anilines is 1. The zero-order chi connectivity index (χ0) is 15.4. The van der Waals surface area contributed by atoms with Crippen LogP contribution < -0.4 is 5.32 Å². The number of nitrogens with one attached hydrogen (secondary N) is 1. The largest absolute Gasteiger partial charge is 0.447 e. The third-order valence-corrected chi connectivity index (χ3v) is 2.77. The third kappa shape index (κ3) is 3.92. The van der Waals surface area contributed by atoms with E-state index < -0.39 is 18.0 Å². The summed E-state index contributed by atoms with van der Waals surface area (Å²) in [7, 11) is 0. The predicted octanol–water partition coefficient (Wildman–Crippen LogP) is 2.48. The minimum atomic E-state index is -0.941. The van der Waals surface area contributed by atoms with Gasteiger partial charge in [0.25, 0.3) is 5.91 Å². The Labute approximate surface area is 122 Å². The molecule has 0 bridgehead atoms. The molecule has 6 nitrogen and oxygen atoms in total. The van der Waals surface area contributed by atoms with Gasteiger partial charge in [-0.05, 0) is 38.5 Å². The van der Waals surface area contributed by atoms with Crippen molar-refractivity contribution in [2.75, 3.05) is 5.32 Å². The molecule has 6 heteroatoms. The van der Waals surface area contributed by atoms with Crippen molar-refractivity contribution in [3.05, 3.63) is 47.3 Å². The summed E-state index contributed by atoms with van der Waals surface area (Å²) in [4.78, 5) is 23.7. The van der Waals surface area contributed by atoms with Crippen molar-refractivity contribution in [1.82, 2.24) is 5.16 Å². The third-order valence-electron chi connectivity index (χ3n) is 2.77. The van der Waals surface area contributed by atoms with E-state index in [0.29, 0.717) is 11.4 Å². The minimum Gasteiger partial charge on any atom is -0.447 e. The zero-order valence-electron chi connectivity index (χ0n) is 12.0. The summed E-state index contributed by atoms with van der Waals surface area (Å²) in [5, 5.41) is 6.27. The molecule has 1 atom stereocenters. The summed E-state index contributed by atoms with van der Waals surface area (Å²) >= 11 is 0. The van der Waals surface area contributed by atoms with Gasteiger partial charge >= 0.3 is 5.97 Å². The van der Waals surface area contributed by atoms with Gasteiger partial charge in [-0.15, -0.1) is 0 Å². The van der Waals surface area contributed by atoms with E-state index in [2.05, 4.69) is 10.5 Å². The number of aromatic nitrogens is 1. The molecule has 2 rings (SSSR count). The van der Waals surface area contributed by atoms with Crippen LogP contribution in [0.5, 0.6) is 0 Å². The van der Waals surface area contributed by atoms with Crippen LogP contribution in [0.3, 0.4) is 0 Å². The van der Waals surface area contributed by atoms with Gasteiger partial charge in [-0.1, -0.05) is 17.3 Å². The number of carbonyl (C=O) groups is 2. The van der Waals surface area contributed by atoms with E-state index in [1.807, 2.05) is 25.1 Å². The Hall–Kier alpha value is -2.63. The number of amides is 1. The summed E-state index contributed by atoms with van der Waals surface area (Å²) in [6.07, 6.45) is -0.941. The van der Waals surface area contributed by atoms with Gasteiger partial charge in [0.15, 0.2) is 6.10 Å². The molecule has 110 valence electrons. The van der Waals surface area contributed by atoms with Crippen LogP contribution in [0.15, 0.2) is 34.9 Å². The first kappa shape index (κ1) is 14.8. The van der Waals surface area contributed by atoms with Gasteiger partial charge in [0.2, 0.25) is 5.76 Å². The average Bonchev–Trinajstić information content (AvgIpc) is 2.85. The van der Waals surface area contributed by atoms with Crippen molar-refractivity contribution >= 4 is 17.6 Å². The maximum absolute atomic E-state index is 12.0. The number of carbonyl (C=O) groups excluding carboxylic acids is 2. The smallest absolute Gasteiger partial charge is 0.377 e. The first-order valence-corrected chi connectivity index (χ1v) is 6.47. The molecular weight excluding hydrogens is 272 g/mol. The van der Waals surface area contributed by atoms with Gasteiger partial charge in [0.05, 0.1) is 5.69 Å². The van der Waals surface area contributed by atoms with E-state index in [-0.39, 0.29) is 5.76 Å². The Kier molecular flexibility index (Phi) is 4.37. The highest BCUT2D eigenvalue weighted by Gasteiger charge is 2.21. The van der Waals surface area contributed by atoms with Crippen LogP contribution >= 0.6 is 0 Å². The molecule has 0 unspecified atom stereocenters. The van der Waals surface area contributed by atoms with Crippen LogP contribution in [-0.2, 0) is 9.53 Å². The van der Waals surface area contributed by atoms with Gasteiger partial charge < -0.3 is 14.6 Å². The standard InChI is InChI=1S/C15H16N2O4/c1-9-5-4-6-12(7-9)16-14(18)11(3)20-15(19)13-8-10(2)17-21-13/h4-8,11H,1-3H3,(H,16,18)/t11-/m1/s1. The number of aryl methyl sites for hydroxylation is 2.